The van der Waals surface area contributed by atoms with E-state index in [1.807, 2.05) is 18.7 Å². The van der Waals surface area contributed by atoms with Crippen molar-refractivity contribution in [2.24, 2.45) is 13.0 Å². The summed E-state index contributed by atoms with van der Waals surface area (Å²) < 4.78 is 1.92. The Morgan fingerprint density at radius 1 is 1.20 bits per heavy atom. The number of hydrogen-bond acceptors (Lipinski definition) is 5. The zero-order chi connectivity index (χ0) is 14.9. The van der Waals surface area contributed by atoms with Crippen molar-refractivity contribution < 1.29 is 0 Å². The molecule has 0 saturated heterocycles. The maximum absolute atomic E-state index is 4.46. The average molecular weight is 293 g/mol. The van der Waals surface area contributed by atoms with Crippen LogP contribution in [0.4, 0.5) is 5.13 Å². The van der Waals surface area contributed by atoms with Crippen LogP contribution in [-0.2, 0) is 13.5 Å². The highest BCUT2D eigenvalue weighted by atomic mass is 32.1. The fourth-order valence-electron chi connectivity index (χ4n) is 2.42. The van der Waals surface area contributed by atoms with E-state index in [4.69, 9.17) is 0 Å². The largest absolute Gasteiger partial charge is 0.353 e. The fraction of sp³-hybridized carbons (Fsp3) is 0.643. The van der Waals surface area contributed by atoms with Crippen LogP contribution in [0.3, 0.4) is 0 Å². The van der Waals surface area contributed by atoms with Crippen molar-refractivity contribution in [2.45, 2.75) is 47.1 Å². The lowest BCUT2D eigenvalue weighted by Crippen LogP contribution is -2.08. The molecule has 0 radical (unpaired) electrons. The van der Waals surface area contributed by atoms with Crippen LogP contribution in [0.5, 0.6) is 0 Å². The molecule has 2 aromatic heterocycles. The van der Waals surface area contributed by atoms with Gasteiger partial charge in [-0.3, -0.25) is 4.68 Å². The molecule has 0 amide bonds. The zero-order valence-corrected chi connectivity index (χ0v) is 13.9. The molecule has 0 saturated carbocycles. The van der Waals surface area contributed by atoms with Crippen molar-refractivity contribution in [3.05, 3.63) is 22.0 Å². The van der Waals surface area contributed by atoms with Crippen molar-refractivity contribution >= 4 is 16.5 Å². The maximum Gasteiger partial charge on any atom is 0.206 e. The first-order valence-corrected chi connectivity index (χ1v) is 7.79. The van der Waals surface area contributed by atoms with Gasteiger partial charge < -0.3 is 5.32 Å². The first kappa shape index (κ1) is 15.0. The number of nitrogens with one attached hydrogen (secondary N) is 1. The summed E-state index contributed by atoms with van der Waals surface area (Å²) in [6.07, 6.45) is 0.985. The van der Waals surface area contributed by atoms with Crippen molar-refractivity contribution in [3.63, 3.8) is 0 Å². The summed E-state index contributed by atoms with van der Waals surface area (Å²) in [6.45, 7) is 10.7. The summed E-state index contributed by atoms with van der Waals surface area (Å²) in [5.41, 5.74) is 3.50. The van der Waals surface area contributed by atoms with Gasteiger partial charge in [0, 0.05) is 24.7 Å². The fourth-order valence-corrected chi connectivity index (χ4v) is 3.46. The van der Waals surface area contributed by atoms with Gasteiger partial charge in [-0.1, -0.05) is 25.2 Å². The van der Waals surface area contributed by atoms with Crippen molar-refractivity contribution in [1.82, 2.24) is 20.0 Å². The van der Waals surface area contributed by atoms with Crippen LogP contribution in [0.15, 0.2) is 0 Å². The lowest BCUT2D eigenvalue weighted by molar-refractivity contribution is 0.640. The molecule has 0 aliphatic heterocycles. The van der Waals surface area contributed by atoms with Crippen LogP contribution >= 0.6 is 11.3 Å². The summed E-state index contributed by atoms with van der Waals surface area (Å²) in [7, 11) is 1.98. The third-order valence-electron chi connectivity index (χ3n) is 3.39. The predicted molar refractivity (Wildman–Crippen MR) is 83.2 cm³/mol. The summed E-state index contributed by atoms with van der Waals surface area (Å²) >= 11 is 1.64. The van der Waals surface area contributed by atoms with E-state index in [0.717, 1.165) is 22.3 Å². The number of aryl methyl sites for hydroxylation is 2. The van der Waals surface area contributed by atoms with Gasteiger partial charge in [-0.25, -0.2) is 0 Å². The SMILES string of the molecule is Cc1nn(C)c(C)c1C(C)Nc1nnc(CC(C)C)s1. The first-order chi connectivity index (χ1) is 9.38. The van der Waals surface area contributed by atoms with Crippen LogP contribution in [-0.4, -0.2) is 20.0 Å². The van der Waals surface area contributed by atoms with Crippen LogP contribution in [0.2, 0.25) is 0 Å². The Labute approximate surface area is 124 Å². The number of aromatic nitrogens is 4. The lowest BCUT2D eigenvalue weighted by Gasteiger charge is -2.13. The molecule has 2 aromatic rings. The quantitative estimate of drug-likeness (QED) is 0.919. The molecule has 0 aromatic carbocycles. The molecule has 0 spiro atoms. The van der Waals surface area contributed by atoms with Gasteiger partial charge in [-0.05, 0) is 26.7 Å². The van der Waals surface area contributed by atoms with Crippen molar-refractivity contribution in [1.29, 1.82) is 0 Å². The first-order valence-electron chi connectivity index (χ1n) is 6.97. The van der Waals surface area contributed by atoms with Gasteiger partial charge in [0.05, 0.1) is 11.7 Å². The summed E-state index contributed by atoms with van der Waals surface area (Å²) in [6, 6.07) is 0.184. The third-order valence-corrected chi connectivity index (χ3v) is 4.26. The summed E-state index contributed by atoms with van der Waals surface area (Å²) in [4.78, 5) is 0. The molecule has 2 heterocycles. The van der Waals surface area contributed by atoms with Crippen LogP contribution < -0.4 is 5.32 Å². The molecule has 1 unspecified atom stereocenters. The minimum Gasteiger partial charge on any atom is -0.353 e. The van der Waals surface area contributed by atoms with Crippen molar-refractivity contribution in [3.8, 4) is 0 Å². The van der Waals surface area contributed by atoms with E-state index >= 15 is 0 Å². The van der Waals surface area contributed by atoms with E-state index < -0.39 is 0 Å². The van der Waals surface area contributed by atoms with Gasteiger partial charge >= 0.3 is 0 Å². The highest BCUT2D eigenvalue weighted by molar-refractivity contribution is 7.15. The molecular formula is C14H23N5S. The highest BCUT2D eigenvalue weighted by Crippen LogP contribution is 2.26. The second kappa shape index (κ2) is 5.91. The van der Waals surface area contributed by atoms with Crippen molar-refractivity contribution in [2.75, 3.05) is 5.32 Å². The molecule has 110 valence electrons. The Morgan fingerprint density at radius 2 is 1.90 bits per heavy atom. The van der Waals surface area contributed by atoms with Crippen LogP contribution in [0.25, 0.3) is 0 Å². The summed E-state index contributed by atoms with van der Waals surface area (Å²) in [5, 5.41) is 18.3. The van der Waals surface area contributed by atoms with Crippen LogP contribution in [0.1, 0.15) is 48.8 Å². The minimum atomic E-state index is 0.184. The molecule has 5 nitrogen and oxygen atoms in total. The van der Waals surface area contributed by atoms with Crippen LogP contribution in [0, 0.1) is 19.8 Å². The molecule has 0 bridgehead atoms. The second-order valence-corrected chi connectivity index (χ2v) is 6.74. The van der Waals surface area contributed by atoms with Gasteiger partial charge in [0.15, 0.2) is 0 Å². The lowest BCUT2D eigenvalue weighted by atomic mass is 10.1. The average Bonchev–Trinajstić information content (AvgIpc) is 2.84. The third kappa shape index (κ3) is 3.17. The minimum absolute atomic E-state index is 0.184. The molecule has 6 heteroatoms. The molecule has 0 fully saturated rings. The molecule has 0 aliphatic carbocycles. The second-order valence-electron chi connectivity index (χ2n) is 5.67. The Bertz CT molecular complexity index is 584. The van der Waals surface area contributed by atoms with Gasteiger partial charge in [-0.2, -0.15) is 5.10 Å². The standard InChI is InChI=1S/C14H23N5S/c1-8(2)7-12-16-17-14(20-12)15-9(3)13-10(4)18-19(6)11(13)5/h8-9H,7H2,1-6H3,(H,15,17). The summed E-state index contributed by atoms with van der Waals surface area (Å²) in [5.74, 6) is 0.607. The van der Waals surface area contributed by atoms with E-state index in [1.165, 1.54) is 11.3 Å². The number of anilines is 1. The smallest absolute Gasteiger partial charge is 0.206 e. The van der Waals surface area contributed by atoms with Gasteiger partial charge in [0.25, 0.3) is 0 Å². The Balaban J connectivity index is 2.11. The number of nitrogens with zero attached hydrogens (tertiary/aromatic N) is 4. The molecule has 20 heavy (non-hydrogen) atoms. The maximum atomic E-state index is 4.46. The van der Waals surface area contributed by atoms with Gasteiger partial charge in [0.2, 0.25) is 5.13 Å². The molecule has 0 aliphatic rings. The van der Waals surface area contributed by atoms with E-state index in [-0.39, 0.29) is 6.04 Å². The zero-order valence-electron chi connectivity index (χ0n) is 13.1. The highest BCUT2D eigenvalue weighted by Gasteiger charge is 2.17. The Kier molecular flexibility index (Phi) is 4.42. The normalized spacial score (nSPS) is 12.9. The molecular weight excluding hydrogens is 270 g/mol. The van der Waals surface area contributed by atoms with E-state index in [2.05, 4.69) is 48.3 Å². The van der Waals surface area contributed by atoms with Gasteiger partial charge in [0.1, 0.15) is 5.01 Å². The monoisotopic (exact) mass is 293 g/mol. The number of hydrogen-bond donors (Lipinski definition) is 1. The van der Waals surface area contributed by atoms with E-state index in [9.17, 15) is 0 Å². The molecule has 1 atom stereocenters. The topological polar surface area (TPSA) is 55.6 Å². The van der Waals surface area contributed by atoms with E-state index in [1.54, 1.807) is 11.3 Å². The Hall–Kier alpha value is -1.43. The van der Waals surface area contributed by atoms with E-state index in [0.29, 0.717) is 5.92 Å². The molecule has 1 N–H and O–H groups in total. The molecule has 2 rings (SSSR count). The Morgan fingerprint density at radius 3 is 2.45 bits per heavy atom. The van der Waals surface area contributed by atoms with Gasteiger partial charge in [-0.15, -0.1) is 10.2 Å². The number of rotatable bonds is 5. The predicted octanol–water partition coefficient (Wildman–Crippen LogP) is 3.26.